The molecule has 0 saturated carbocycles. The number of aromatic nitrogens is 3. The monoisotopic (exact) mass is 342 g/mol. The molecule has 0 bridgehead atoms. The Labute approximate surface area is 142 Å². The van der Waals surface area contributed by atoms with Crippen molar-refractivity contribution in [2.24, 2.45) is 7.05 Å². The molecular formula is C18H13F3N4. The second kappa shape index (κ2) is 6.32. The molecule has 126 valence electrons. The van der Waals surface area contributed by atoms with Crippen LogP contribution in [0, 0.1) is 11.8 Å². The molecule has 0 fully saturated rings. The maximum absolute atomic E-state index is 12.7. The number of nitrogens with two attached hydrogens (primary N) is 1. The third-order valence-corrected chi connectivity index (χ3v) is 3.55. The first-order chi connectivity index (χ1) is 11.8. The minimum absolute atomic E-state index is 0.400. The highest BCUT2D eigenvalue weighted by Crippen LogP contribution is 2.31. The molecule has 2 aromatic heterocycles. The van der Waals surface area contributed by atoms with Crippen LogP contribution in [0.1, 0.15) is 16.7 Å². The number of rotatable bonds is 1. The molecule has 0 atom stereocenters. The summed E-state index contributed by atoms with van der Waals surface area (Å²) in [7, 11) is 1.71. The number of pyridine rings is 1. The molecule has 3 rings (SSSR count). The molecule has 0 saturated heterocycles. The number of hydrogen-bond acceptors (Lipinski definition) is 3. The Morgan fingerprint density at radius 2 is 1.72 bits per heavy atom. The van der Waals surface area contributed by atoms with Gasteiger partial charge in [-0.15, -0.1) is 0 Å². The van der Waals surface area contributed by atoms with E-state index >= 15 is 0 Å². The molecule has 0 unspecified atom stereocenters. The Bertz CT molecular complexity index is 943. The van der Waals surface area contributed by atoms with E-state index in [2.05, 4.69) is 21.9 Å². The fourth-order valence-electron chi connectivity index (χ4n) is 2.31. The lowest BCUT2D eigenvalue weighted by Crippen LogP contribution is -2.04. The van der Waals surface area contributed by atoms with E-state index in [0.29, 0.717) is 28.2 Å². The number of halogens is 3. The van der Waals surface area contributed by atoms with Crippen LogP contribution in [0.4, 0.5) is 19.0 Å². The van der Waals surface area contributed by atoms with Crippen LogP contribution in [0.25, 0.3) is 11.3 Å². The molecule has 0 spiro atoms. The number of aryl methyl sites for hydroxylation is 1. The van der Waals surface area contributed by atoms with Gasteiger partial charge in [0.25, 0.3) is 0 Å². The van der Waals surface area contributed by atoms with Crippen molar-refractivity contribution in [3.05, 3.63) is 65.5 Å². The molecule has 0 aliphatic heterocycles. The summed E-state index contributed by atoms with van der Waals surface area (Å²) < 4.78 is 39.7. The second-order valence-corrected chi connectivity index (χ2v) is 5.33. The number of nitrogen functional groups attached to an aromatic ring is 1. The van der Waals surface area contributed by atoms with Gasteiger partial charge in [-0.3, -0.25) is 4.68 Å². The average Bonchev–Trinajstić information content (AvgIpc) is 2.94. The lowest BCUT2D eigenvalue weighted by molar-refractivity contribution is -0.137. The number of alkyl halides is 3. The summed E-state index contributed by atoms with van der Waals surface area (Å²) in [6.45, 7) is 0. The predicted octanol–water partition coefficient (Wildman–Crippen LogP) is 3.48. The molecule has 2 heterocycles. The van der Waals surface area contributed by atoms with Crippen LogP contribution < -0.4 is 5.73 Å². The zero-order valence-electron chi connectivity index (χ0n) is 13.2. The van der Waals surface area contributed by atoms with Crippen LogP contribution in [-0.4, -0.2) is 14.8 Å². The summed E-state index contributed by atoms with van der Waals surface area (Å²) >= 11 is 0. The van der Waals surface area contributed by atoms with Crippen molar-refractivity contribution in [2.45, 2.75) is 6.18 Å². The van der Waals surface area contributed by atoms with Crippen molar-refractivity contribution < 1.29 is 13.2 Å². The van der Waals surface area contributed by atoms with Crippen molar-refractivity contribution in [1.82, 2.24) is 14.8 Å². The van der Waals surface area contributed by atoms with E-state index in [1.807, 2.05) is 0 Å². The molecule has 3 aromatic rings. The van der Waals surface area contributed by atoms with E-state index in [9.17, 15) is 13.2 Å². The fraction of sp³-hybridized carbons (Fsp3) is 0.111. The molecule has 0 aliphatic rings. The molecule has 0 aliphatic carbocycles. The van der Waals surface area contributed by atoms with Gasteiger partial charge in [0.05, 0.1) is 23.0 Å². The summed E-state index contributed by atoms with van der Waals surface area (Å²) in [4.78, 5) is 3.96. The predicted molar refractivity (Wildman–Crippen MR) is 88.3 cm³/mol. The van der Waals surface area contributed by atoms with Crippen LogP contribution in [0.5, 0.6) is 0 Å². The molecule has 2 N–H and O–H groups in total. The zero-order valence-corrected chi connectivity index (χ0v) is 13.2. The van der Waals surface area contributed by atoms with Gasteiger partial charge in [-0.25, -0.2) is 4.98 Å². The van der Waals surface area contributed by atoms with Crippen LogP contribution in [-0.2, 0) is 13.2 Å². The normalized spacial score (nSPS) is 11.0. The van der Waals surface area contributed by atoms with Gasteiger partial charge in [-0.05, 0) is 24.3 Å². The summed E-state index contributed by atoms with van der Waals surface area (Å²) in [5, 5.41) is 4.15. The fourth-order valence-corrected chi connectivity index (χ4v) is 2.31. The topological polar surface area (TPSA) is 56.7 Å². The van der Waals surface area contributed by atoms with Gasteiger partial charge in [-0.2, -0.15) is 18.3 Å². The summed E-state index contributed by atoms with van der Waals surface area (Å²) in [5.41, 5.74) is 7.37. The zero-order chi connectivity index (χ0) is 18.0. The number of nitrogens with zero attached hydrogens (tertiary/aromatic N) is 3. The van der Waals surface area contributed by atoms with Crippen molar-refractivity contribution in [3.8, 4) is 23.1 Å². The third-order valence-electron chi connectivity index (χ3n) is 3.55. The minimum Gasteiger partial charge on any atom is -0.384 e. The molecule has 4 nitrogen and oxygen atoms in total. The number of hydrogen-bond donors (Lipinski definition) is 1. The lowest BCUT2D eigenvalue weighted by atomic mass is 10.1. The molecule has 25 heavy (non-hydrogen) atoms. The first kappa shape index (κ1) is 16.6. The van der Waals surface area contributed by atoms with Crippen molar-refractivity contribution in [3.63, 3.8) is 0 Å². The highest BCUT2D eigenvalue weighted by molar-refractivity contribution is 5.68. The Morgan fingerprint density at radius 1 is 1.00 bits per heavy atom. The first-order valence-corrected chi connectivity index (χ1v) is 7.28. The Balaban J connectivity index is 1.96. The van der Waals surface area contributed by atoms with Crippen molar-refractivity contribution >= 4 is 5.82 Å². The summed E-state index contributed by atoms with van der Waals surface area (Å²) in [6, 6.07) is 8.30. The van der Waals surface area contributed by atoms with E-state index in [-0.39, 0.29) is 0 Å². The van der Waals surface area contributed by atoms with Crippen LogP contribution in [0.2, 0.25) is 0 Å². The average molecular weight is 342 g/mol. The van der Waals surface area contributed by atoms with Gasteiger partial charge in [0, 0.05) is 24.4 Å². The quantitative estimate of drug-likeness (QED) is 0.689. The first-order valence-electron chi connectivity index (χ1n) is 7.28. The largest absolute Gasteiger partial charge is 0.416 e. The van der Waals surface area contributed by atoms with Gasteiger partial charge >= 0.3 is 6.18 Å². The van der Waals surface area contributed by atoms with E-state index in [1.54, 1.807) is 36.3 Å². The standard InChI is InChI=1S/C18H13F3N4/c1-25-17(13-5-7-15(8-6-13)18(19,20)21)14(11-24-25)4-2-12-3-9-16(22)23-10-12/h3,5-11H,1H3,(H2,22,23). The van der Waals surface area contributed by atoms with Crippen molar-refractivity contribution in [1.29, 1.82) is 0 Å². The smallest absolute Gasteiger partial charge is 0.384 e. The molecule has 7 heteroatoms. The Kier molecular flexibility index (Phi) is 4.19. The lowest BCUT2D eigenvalue weighted by Gasteiger charge is -2.08. The van der Waals surface area contributed by atoms with E-state index in [0.717, 1.165) is 12.1 Å². The van der Waals surface area contributed by atoms with E-state index in [4.69, 9.17) is 5.73 Å². The van der Waals surface area contributed by atoms with Gasteiger partial charge in [0.2, 0.25) is 0 Å². The highest BCUT2D eigenvalue weighted by atomic mass is 19.4. The second-order valence-electron chi connectivity index (χ2n) is 5.33. The van der Waals surface area contributed by atoms with E-state index < -0.39 is 11.7 Å². The van der Waals surface area contributed by atoms with Gasteiger partial charge in [0.15, 0.2) is 0 Å². The Morgan fingerprint density at radius 3 is 2.32 bits per heavy atom. The maximum Gasteiger partial charge on any atom is 0.416 e. The number of anilines is 1. The molecule has 1 aromatic carbocycles. The van der Waals surface area contributed by atoms with E-state index in [1.165, 1.54) is 12.1 Å². The van der Waals surface area contributed by atoms with Crippen LogP contribution >= 0.6 is 0 Å². The Hall–Kier alpha value is -3.27. The summed E-state index contributed by atoms with van der Waals surface area (Å²) in [5.74, 6) is 6.32. The molecule has 0 amide bonds. The highest BCUT2D eigenvalue weighted by Gasteiger charge is 2.30. The number of benzene rings is 1. The van der Waals surface area contributed by atoms with Crippen molar-refractivity contribution in [2.75, 3.05) is 5.73 Å². The van der Waals surface area contributed by atoms with Crippen LogP contribution in [0.3, 0.4) is 0 Å². The van der Waals surface area contributed by atoms with Gasteiger partial charge < -0.3 is 5.73 Å². The maximum atomic E-state index is 12.7. The van der Waals surface area contributed by atoms with Crippen LogP contribution in [0.15, 0.2) is 48.8 Å². The molecular weight excluding hydrogens is 329 g/mol. The molecule has 0 radical (unpaired) electrons. The van der Waals surface area contributed by atoms with Gasteiger partial charge in [0.1, 0.15) is 5.82 Å². The summed E-state index contributed by atoms with van der Waals surface area (Å²) in [6.07, 6.45) is -1.24. The minimum atomic E-state index is -4.37. The SMILES string of the molecule is Cn1ncc(C#Cc2ccc(N)nc2)c1-c1ccc(C(F)(F)F)cc1. The third kappa shape index (κ3) is 3.63. The van der Waals surface area contributed by atoms with Gasteiger partial charge in [-0.1, -0.05) is 24.0 Å².